The number of halogens is 4. The summed E-state index contributed by atoms with van der Waals surface area (Å²) in [5, 5.41) is 4.51. The van der Waals surface area contributed by atoms with Crippen molar-refractivity contribution in [1.29, 1.82) is 0 Å². The van der Waals surface area contributed by atoms with E-state index in [0.29, 0.717) is 11.8 Å². The monoisotopic (exact) mass is 446 g/mol. The highest BCUT2D eigenvalue weighted by Crippen LogP contribution is 2.36. The lowest BCUT2D eigenvalue weighted by molar-refractivity contribution is -0.137. The first-order valence-electron chi connectivity index (χ1n) is 9.39. The summed E-state index contributed by atoms with van der Waals surface area (Å²) >= 11 is 0. The third kappa shape index (κ3) is 6.07. The number of carbonyl (C=O) groups excluding carboxylic acids is 2. The average molecular weight is 446 g/mol. The second kappa shape index (κ2) is 9.51. The zero-order chi connectivity index (χ0) is 23.3. The highest BCUT2D eigenvalue weighted by molar-refractivity contribution is 6.04. The van der Waals surface area contributed by atoms with Crippen molar-refractivity contribution < 1.29 is 31.9 Å². The van der Waals surface area contributed by atoms with Crippen LogP contribution in [-0.4, -0.2) is 18.4 Å². The van der Waals surface area contributed by atoms with Crippen LogP contribution in [0.2, 0.25) is 0 Å². The molecule has 0 aliphatic heterocycles. The molecule has 0 aliphatic carbocycles. The fourth-order valence-electron chi connectivity index (χ4n) is 2.81. The van der Waals surface area contributed by atoms with Gasteiger partial charge in [-0.2, -0.15) is 13.2 Å². The maximum absolute atomic E-state index is 13.5. The van der Waals surface area contributed by atoms with Gasteiger partial charge in [-0.1, -0.05) is 12.1 Å². The molecular weight excluding hydrogens is 428 g/mol. The van der Waals surface area contributed by atoms with Gasteiger partial charge in [0, 0.05) is 11.3 Å². The second-order valence-electron chi connectivity index (χ2n) is 6.87. The molecule has 0 atom stereocenters. The molecule has 0 saturated heterocycles. The standard InChI is InChI=1S/C23H18F4N2O3/c1-14-3-2-4-18(11-14)32-13-21(30)29-20-10-9-17(12-19(20)23(25,26)27)28-22(31)15-5-7-16(24)8-6-15/h2-12H,13H2,1H3,(H,28,31)(H,29,30). The summed E-state index contributed by atoms with van der Waals surface area (Å²) in [6, 6.07) is 14.4. The molecule has 2 amide bonds. The average Bonchev–Trinajstić information content (AvgIpc) is 2.73. The first kappa shape index (κ1) is 22.8. The van der Waals surface area contributed by atoms with Crippen LogP contribution in [0.3, 0.4) is 0 Å². The molecular formula is C23H18F4N2O3. The van der Waals surface area contributed by atoms with Crippen LogP contribution in [0, 0.1) is 12.7 Å². The lowest BCUT2D eigenvalue weighted by Crippen LogP contribution is -2.22. The summed E-state index contributed by atoms with van der Waals surface area (Å²) in [6.07, 6.45) is -4.80. The molecule has 3 aromatic carbocycles. The Balaban J connectivity index is 1.72. The Labute approximate surface area is 181 Å². The van der Waals surface area contributed by atoms with Crippen molar-refractivity contribution in [1.82, 2.24) is 0 Å². The van der Waals surface area contributed by atoms with Crippen LogP contribution >= 0.6 is 0 Å². The van der Waals surface area contributed by atoms with Crippen molar-refractivity contribution in [2.75, 3.05) is 17.2 Å². The summed E-state index contributed by atoms with van der Waals surface area (Å²) in [5.74, 6) is -1.62. The highest BCUT2D eigenvalue weighted by atomic mass is 19.4. The maximum atomic E-state index is 13.5. The van der Waals surface area contributed by atoms with E-state index >= 15 is 0 Å². The molecule has 2 N–H and O–H groups in total. The van der Waals surface area contributed by atoms with E-state index in [4.69, 9.17) is 4.74 Å². The molecule has 0 aromatic heterocycles. The minimum absolute atomic E-state index is 0.0747. The molecule has 32 heavy (non-hydrogen) atoms. The van der Waals surface area contributed by atoms with E-state index in [1.807, 2.05) is 13.0 Å². The minimum Gasteiger partial charge on any atom is -0.484 e. The molecule has 3 rings (SSSR count). The molecule has 0 bridgehead atoms. The van der Waals surface area contributed by atoms with Gasteiger partial charge in [0.25, 0.3) is 11.8 Å². The quantitative estimate of drug-likeness (QED) is 0.497. The van der Waals surface area contributed by atoms with Gasteiger partial charge in [0.1, 0.15) is 11.6 Å². The third-order valence-electron chi connectivity index (χ3n) is 4.32. The molecule has 3 aromatic rings. The number of benzene rings is 3. The number of anilines is 2. The lowest BCUT2D eigenvalue weighted by Gasteiger charge is -2.16. The topological polar surface area (TPSA) is 67.4 Å². The summed E-state index contributed by atoms with van der Waals surface area (Å²) in [7, 11) is 0. The van der Waals surface area contributed by atoms with Crippen LogP contribution in [0.15, 0.2) is 66.7 Å². The molecule has 5 nitrogen and oxygen atoms in total. The van der Waals surface area contributed by atoms with E-state index in [0.717, 1.165) is 23.8 Å². The van der Waals surface area contributed by atoms with E-state index in [1.165, 1.54) is 18.2 Å². The van der Waals surface area contributed by atoms with E-state index in [-0.39, 0.29) is 11.3 Å². The first-order chi connectivity index (χ1) is 15.1. The molecule has 166 valence electrons. The van der Waals surface area contributed by atoms with E-state index in [9.17, 15) is 27.2 Å². The molecule has 0 spiro atoms. The number of carbonyl (C=O) groups is 2. The van der Waals surface area contributed by atoms with Crippen LogP contribution in [0.5, 0.6) is 5.75 Å². The molecule has 0 fully saturated rings. The Morgan fingerprint density at radius 3 is 2.31 bits per heavy atom. The van der Waals surface area contributed by atoms with Crippen molar-refractivity contribution in [3.63, 3.8) is 0 Å². The number of aryl methyl sites for hydroxylation is 1. The zero-order valence-electron chi connectivity index (χ0n) is 16.8. The predicted molar refractivity (Wildman–Crippen MR) is 111 cm³/mol. The third-order valence-corrected chi connectivity index (χ3v) is 4.32. The van der Waals surface area contributed by atoms with E-state index in [1.54, 1.807) is 18.2 Å². The number of amides is 2. The molecule has 0 saturated carbocycles. The largest absolute Gasteiger partial charge is 0.484 e. The zero-order valence-corrected chi connectivity index (χ0v) is 16.8. The van der Waals surface area contributed by atoms with Crippen molar-refractivity contribution in [2.24, 2.45) is 0 Å². The van der Waals surface area contributed by atoms with Gasteiger partial charge < -0.3 is 15.4 Å². The van der Waals surface area contributed by atoms with Gasteiger partial charge in [0.2, 0.25) is 0 Å². The number of rotatable bonds is 6. The van der Waals surface area contributed by atoms with Crippen molar-refractivity contribution >= 4 is 23.2 Å². The second-order valence-corrected chi connectivity index (χ2v) is 6.87. The molecule has 9 heteroatoms. The van der Waals surface area contributed by atoms with Crippen LogP contribution in [-0.2, 0) is 11.0 Å². The molecule has 0 radical (unpaired) electrons. The molecule has 0 aliphatic rings. The van der Waals surface area contributed by atoms with Gasteiger partial charge in [0.15, 0.2) is 6.61 Å². The molecule has 0 heterocycles. The SMILES string of the molecule is Cc1cccc(OCC(=O)Nc2ccc(NC(=O)c3ccc(F)cc3)cc2C(F)(F)F)c1. The number of alkyl halides is 3. The number of hydrogen-bond acceptors (Lipinski definition) is 3. The van der Waals surface area contributed by atoms with Crippen molar-refractivity contribution in [3.8, 4) is 5.75 Å². The fraction of sp³-hybridized carbons (Fsp3) is 0.130. The Kier molecular flexibility index (Phi) is 6.77. The lowest BCUT2D eigenvalue weighted by atomic mass is 10.1. The van der Waals surface area contributed by atoms with Gasteiger partial charge in [-0.15, -0.1) is 0 Å². The minimum atomic E-state index is -4.80. The Morgan fingerprint density at radius 2 is 1.66 bits per heavy atom. The predicted octanol–water partition coefficient (Wildman–Crippen LogP) is 5.42. The summed E-state index contributed by atoms with van der Waals surface area (Å²) < 4.78 is 58.9. The Morgan fingerprint density at radius 1 is 0.938 bits per heavy atom. The van der Waals surface area contributed by atoms with Gasteiger partial charge in [0.05, 0.1) is 11.3 Å². The van der Waals surface area contributed by atoms with Gasteiger partial charge in [-0.25, -0.2) is 4.39 Å². The van der Waals surface area contributed by atoms with E-state index < -0.39 is 41.7 Å². The van der Waals surface area contributed by atoms with E-state index in [2.05, 4.69) is 10.6 Å². The normalized spacial score (nSPS) is 11.0. The van der Waals surface area contributed by atoms with Crippen LogP contribution in [0.4, 0.5) is 28.9 Å². The van der Waals surface area contributed by atoms with Crippen LogP contribution < -0.4 is 15.4 Å². The summed E-state index contributed by atoms with van der Waals surface area (Å²) in [5.41, 5.74) is -0.778. The molecule has 0 unspecified atom stereocenters. The number of nitrogens with one attached hydrogen (secondary N) is 2. The fourth-order valence-corrected chi connectivity index (χ4v) is 2.81. The van der Waals surface area contributed by atoms with Gasteiger partial charge >= 0.3 is 6.18 Å². The highest BCUT2D eigenvalue weighted by Gasteiger charge is 2.34. The number of hydrogen-bond donors (Lipinski definition) is 2. The van der Waals surface area contributed by atoms with Gasteiger partial charge in [-0.05, 0) is 67.1 Å². The van der Waals surface area contributed by atoms with Crippen molar-refractivity contribution in [3.05, 3.63) is 89.2 Å². The van der Waals surface area contributed by atoms with Crippen LogP contribution in [0.1, 0.15) is 21.5 Å². The Hall–Kier alpha value is -3.88. The van der Waals surface area contributed by atoms with Gasteiger partial charge in [-0.3, -0.25) is 9.59 Å². The number of ether oxygens (including phenoxy) is 1. The summed E-state index contributed by atoms with van der Waals surface area (Å²) in [6.45, 7) is 1.35. The summed E-state index contributed by atoms with van der Waals surface area (Å²) in [4.78, 5) is 24.3. The van der Waals surface area contributed by atoms with Crippen LogP contribution in [0.25, 0.3) is 0 Å². The Bertz CT molecular complexity index is 1130. The first-order valence-corrected chi connectivity index (χ1v) is 9.39. The van der Waals surface area contributed by atoms with Crippen molar-refractivity contribution in [2.45, 2.75) is 13.1 Å². The maximum Gasteiger partial charge on any atom is 0.418 e. The smallest absolute Gasteiger partial charge is 0.418 e.